The fourth-order valence-corrected chi connectivity index (χ4v) is 3.18. The van der Waals surface area contributed by atoms with Crippen molar-refractivity contribution in [3.8, 4) is 0 Å². The van der Waals surface area contributed by atoms with E-state index in [4.69, 9.17) is 0 Å². The summed E-state index contributed by atoms with van der Waals surface area (Å²) in [4.78, 5) is 24.7. The lowest BCUT2D eigenvalue weighted by atomic mass is 10.2. The molecule has 2 N–H and O–H groups in total. The van der Waals surface area contributed by atoms with Crippen molar-refractivity contribution in [2.45, 2.75) is 0 Å². The number of carbonyl (C=O) groups is 2. The van der Waals surface area contributed by atoms with Crippen molar-refractivity contribution in [3.63, 3.8) is 0 Å². The quantitative estimate of drug-likeness (QED) is 0.447. The number of benzene rings is 2. The molecule has 2 aromatic rings. The van der Waals surface area contributed by atoms with Gasteiger partial charge in [-0.2, -0.15) is 0 Å². The summed E-state index contributed by atoms with van der Waals surface area (Å²) in [6.45, 7) is 3.86. The van der Waals surface area contributed by atoms with Crippen LogP contribution in [0.3, 0.4) is 0 Å². The van der Waals surface area contributed by atoms with Gasteiger partial charge < -0.3 is 10.6 Å². The Labute approximate surface area is 167 Å². The average Bonchev–Trinajstić information content (AvgIpc) is 3.23. The summed E-state index contributed by atoms with van der Waals surface area (Å²) in [6, 6.07) is 15.0. The molecule has 122 valence electrons. The highest BCUT2D eigenvalue weighted by Crippen LogP contribution is 2.45. The minimum Gasteiger partial charge on any atom is -0.326 e. The highest BCUT2D eigenvalue weighted by molar-refractivity contribution is 14.1. The number of anilines is 2. The van der Waals surface area contributed by atoms with Crippen LogP contribution in [-0.4, -0.2) is 11.8 Å². The van der Waals surface area contributed by atoms with Crippen molar-refractivity contribution in [1.82, 2.24) is 0 Å². The molecule has 0 bridgehead atoms. The summed E-state index contributed by atoms with van der Waals surface area (Å²) in [5, 5.41) is 5.67. The molecule has 0 unspecified atom stereocenters. The molecule has 2 aromatic carbocycles. The molecule has 1 saturated carbocycles. The Morgan fingerprint density at radius 2 is 1.08 bits per heavy atom. The van der Waals surface area contributed by atoms with E-state index in [1.807, 2.05) is 48.5 Å². The van der Waals surface area contributed by atoms with Crippen molar-refractivity contribution in [1.29, 1.82) is 0 Å². The molecular weight excluding hydrogens is 530 g/mol. The smallest absolute Gasteiger partial charge is 0.232 e. The van der Waals surface area contributed by atoms with Crippen LogP contribution in [0.15, 0.2) is 60.7 Å². The van der Waals surface area contributed by atoms with Crippen LogP contribution in [0, 0.1) is 19.0 Å². The van der Waals surface area contributed by atoms with Gasteiger partial charge in [0, 0.05) is 18.5 Å². The third-order valence-electron chi connectivity index (χ3n) is 3.81. The normalized spacial score (nSPS) is 18.8. The van der Waals surface area contributed by atoms with Gasteiger partial charge in [-0.05, 0) is 93.7 Å². The van der Waals surface area contributed by atoms with Crippen LogP contribution in [-0.2, 0) is 9.59 Å². The summed E-state index contributed by atoms with van der Waals surface area (Å²) >= 11 is 4.41. The second kappa shape index (κ2) is 7.22. The van der Waals surface area contributed by atoms with E-state index < -0.39 is 11.8 Å². The maximum absolute atomic E-state index is 12.3. The Bertz CT molecular complexity index is 733. The van der Waals surface area contributed by atoms with Gasteiger partial charge >= 0.3 is 0 Å². The van der Waals surface area contributed by atoms with E-state index in [1.54, 1.807) is 0 Å². The minimum absolute atomic E-state index is 0.191. The lowest BCUT2D eigenvalue weighted by molar-refractivity contribution is -0.122. The molecule has 1 aliphatic carbocycles. The van der Waals surface area contributed by atoms with Crippen LogP contribution < -0.4 is 10.6 Å². The van der Waals surface area contributed by atoms with E-state index in [9.17, 15) is 9.59 Å². The number of hydrogen-bond donors (Lipinski definition) is 2. The summed E-state index contributed by atoms with van der Waals surface area (Å²) < 4.78 is 2.19. The first-order valence-corrected chi connectivity index (χ1v) is 9.43. The number of carbonyl (C=O) groups excluding carboxylic acids is 2. The summed E-state index contributed by atoms with van der Waals surface area (Å²) in [6.07, 6.45) is 0. The van der Waals surface area contributed by atoms with Gasteiger partial charge in [-0.15, -0.1) is 0 Å². The van der Waals surface area contributed by atoms with Gasteiger partial charge in [-0.25, -0.2) is 0 Å². The molecule has 2 amide bonds. The van der Waals surface area contributed by atoms with Gasteiger partial charge in [0.2, 0.25) is 11.8 Å². The van der Waals surface area contributed by atoms with E-state index in [0.717, 1.165) is 18.5 Å². The van der Waals surface area contributed by atoms with Crippen molar-refractivity contribution in [2.75, 3.05) is 10.6 Å². The average molecular weight is 544 g/mol. The van der Waals surface area contributed by atoms with Crippen molar-refractivity contribution < 1.29 is 9.59 Å². The third kappa shape index (κ3) is 3.97. The first-order valence-electron chi connectivity index (χ1n) is 7.27. The second-order valence-corrected chi connectivity index (χ2v) is 8.01. The first kappa shape index (κ1) is 17.4. The predicted molar refractivity (Wildman–Crippen MR) is 112 cm³/mol. The SMILES string of the molecule is C=C1[C@H](C(=O)Nc2ccc(I)cc2)[C@H]1C(=O)Nc1ccc(I)cc1. The molecule has 3 rings (SSSR count). The van der Waals surface area contributed by atoms with Crippen LogP contribution in [0.1, 0.15) is 0 Å². The molecule has 0 radical (unpaired) electrons. The standard InChI is InChI=1S/C18H14I2N2O2/c1-10-15(17(23)21-13-6-2-11(19)3-7-13)16(10)18(24)22-14-8-4-12(20)5-9-14/h2-9,15-16H,1H2,(H,21,23)(H,22,24)/t15-,16-/m0/s1. The molecule has 24 heavy (non-hydrogen) atoms. The molecule has 0 spiro atoms. The van der Waals surface area contributed by atoms with Gasteiger partial charge in [-0.1, -0.05) is 12.2 Å². The lowest BCUT2D eigenvalue weighted by Gasteiger charge is -2.06. The highest BCUT2D eigenvalue weighted by Gasteiger charge is 2.52. The number of rotatable bonds is 4. The fraction of sp³-hybridized carbons (Fsp3) is 0.111. The summed E-state index contributed by atoms with van der Waals surface area (Å²) in [7, 11) is 0. The van der Waals surface area contributed by atoms with Gasteiger partial charge in [0.05, 0.1) is 11.8 Å². The minimum atomic E-state index is -0.465. The van der Waals surface area contributed by atoms with Crippen molar-refractivity contribution in [2.24, 2.45) is 11.8 Å². The van der Waals surface area contributed by atoms with E-state index in [1.165, 1.54) is 0 Å². The van der Waals surface area contributed by atoms with Gasteiger partial charge in [0.25, 0.3) is 0 Å². The Kier molecular flexibility index (Phi) is 5.24. The summed E-state index contributed by atoms with van der Waals surface area (Å²) in [5.41, 5.74) is 2.09. The topological polar surface area (TPSA) is 58.2 Å². The predicted octanol–water partition coefficient (Wildman–Crippen LogP) is 4.28. The molecule has 0 aromatic heterocycles. The molecular formula is C18H14I2N2O2. The molecule has 0 aliphatic heterocycles. The van der Waals surface area contributed by atoms with Gasteiger partial charge in [0.1, 0.15) is 0 Å². The third-order valence-corrected chi connectivity index (χ3v) is 5.25. The van der Waals surface area contributed by atoms with Gasteiger partial charge in [-0.3, -0.25) is 9.59 Å². The largest absolute Gasteiger partial charge is 0.326 e. The Hall–Kier alpha value is -1.42. The highest BCUT2D eigenvalue weighted by atomic mass is 127. The summed E-state index contributed by atoms with van der Waals surface area (Å²) in [5.74, 6) is -1.31. The molecule has 1 aliphatic rings. The second-order valence-electron chi connectivity index (χ2n) is 5.52. The molecule has 0 saturated heterocycles. The number of hydrogen-bond acceptors (Lipinski definition) is 2. The monoisotopic (exact) mass is 544 g/mol. The maximum Gasteiger partial charge on any atom is 0.232 e. The van der Waals surface area contributed by atoms with E-state index in [2.05, 4.69) is 62.4 Å². The molecule has 6 heteroatoms. The van der Waals surface area contributed by atoms with Crippen molar-refractivity contribution in [3.05, 3.63) is 67.8 Å². The van der Waals surface area contributed by atoms with Crippen LogP contribution in [0.25, 0.3) is 0 Å². The number of halogens is 2. The Balaban J connectivity index is 1.61. The van der Waals surface area contributed by atoms with Crippen LogP contribution in [0.4, 0.5) is 11.4 Å². The number of nitrogens with one attached hydrogen (secondary N) is 2. The van der Waals surface area contributed by atoms with E-state index >= 15 is 0 Å². The van der Waals surface area contributed by atoms with Crippen LogP contribution >= 0.6 is 45.2 Å². The van der Waals surface area contributed by atoms with Crippen LogP contribution in [0.5, 0.6) is 0 Å². The zero-order valence-electron chi connectivity index (χ0n) is 12.6. The van der Waals surface area contributed by atoms with E-state index in [-0.39, 0.29) is 11.8 Å². The molecule has 1 fully saturated rings. The Morgan fingerprint density at radius 3 is 1.42 bits per heavy atom. The van der Waals surface area contributed by atoms with Gasteiger partial charge in [0.15, 0.2) is 0 Å². The lowest BCUT2D eigenvalue weighted by Crippen LogP contribution is -2.20. The molecule has 4 nitrogen and oxygen atoms in total. The van der Waals surface area contributed by atoms with Crippen LogP contribution in [0.2, 0.25) is 0 Å². The fourth-order valence-electron chi connectivity index (χ4n) is 2.46. The zero-order valence-corrected chi connectivity index (χ0v) is 16.9. The first-order chi connectivity index (χ1) is 11.5. The molecule has 0 heterocycles. The number of amides is 2. The Morgan fingerprint density at radius 1 is 0.750 bits per heavy atom. The maximum atomic E-state index is 12.3. The molecule has 2 atom stereocenters. The van der Waals surface area contributed by atoms with E-state index in [0.29, 0.717) is 5.57 Å². The zero-order chi connectivity index (χ0) is 17.3. The van der Waals surface area contributed by atoms with Crippen molar-refractivity contribution >= 4 is 68.4 Å².